The monoisotopic (exact) mass is 393 g/mol. The number of para-hydroxylation sites is 1. The van der Waals surface area contributed by atoms with E-state index in [1.807, 2.05) is 46.8 Å². The predicted molar refractivity (Wildman–Crippen MR) is 113 cm³/mol. The van der Waals surface area contributed by atoms with E-state index in [-0.39, 0.29) is 5.91 Å². The highest BCUT2D eigenvalue weighted by Crippen LogP contribution is 2.36. The highest BCUT2D eigenvalue weighted by Gasteiger charge is 2.27. The van der Waals surface area contributed by atoms with Crippen LogP contribution in [0.4, 0.5) is 5.82 Å². The average molecular weight is 394 g/mol. The molecule has 4 rings (SSSR count). The van der Waals surface area contributed by atoms with Gasteiger partial charge in [-0.1, -0.05) is 35.9 Å². The summed E-state index contributed by atoms with van der Waals surface area (Å²) >= 11 is 1.81. The summed E-state index contributed by atoms with van der Waals surface area (Å²) in [6.45, 7) is 5.90. The molecule has 0 unspecified atom stereocenters. The summed E-state index contributed by atoms with van der Waals surface area (Å²) in [5, 5.41) is 7.86. The Morgan fingerprint density at radius 1 is 1.18 bits per heavy atom. The van der Waals surface area contributed by atoms with Gasteiger partial charge in [0.05, 0.1) is 11.4 Å². The summed E-state index contributed by atoms with van der Waals surface area (Å²) in [5.74, 6) is 2.96. The van der Waals surface area contributed by atoms with E-state index in [4.69, 9.17) is 9.84 Å². The zero-order chi connectivity index (χ0) is 19.7. The standard InChI is InChI=1S/C22H23N3O2S/c1-14-9-10-20(15(2)11-14)25-21(18-12-28-13-19(18)24-25)23-22(26)16(3)27-17-7-5-4-6-8-17/h4-11,16H,12-13H2,1-3H3,(H,23,26)/t16-/m1/s1. The lowest BCUT2D eigenvalue weighted by Crippen LogP contribution is -2.31. The number of nitrogens with zero attached hydrogens (tertiary/aromatic N) is 2. The van der Waals surface area contributed by atoms with Gasteiger partial charge in [-0.2, -0.15) is 16.9 Å². The van der Waals surface area contributed by atoms with E-state index in [2.05, 4.69) is 37.4 Å². The highest BCUT2D eigenvalue weighted by atomic mass is 32.2. The van der Waals surface area contributed by atoms with Gasteiger partial charge < -0.3 is 10.1 Å². The summed E-state index contributed by atoms with van der Waals surface area (Å²) < 4.78 is 7.65. The van der Waals surface area contributed by atoms with E-state index in [0.717, 1.165) is 39.8 Å². The minimum Gasteiger partial charge on any atom is -0.481 e. The Labute approximate surface area is 169 Å². The van der Waals surface area contributed by atoms with Gasteiger partial charge in [0.1, 0.15) is 11.6 Å². The molecule has 28 heavy (non-hydrogen) atoms. The van der Waals surface area contributed by atoms with Gasteiger partial charge in [-0.05, 0) is 44.5 Å². The fourth-order valence-electron chi connectivity index (χ4n) is 3.33. The second kappa shape index (κ2) is 7.72. The lowest BCUT2D eigenvalue weighted by molar-refractivity contribution is -0.122. The van der Waals surface area contributed by atoms with Crippen molar-refractivity contribution in [3.8, 4) is 11.4 Å². The highest BCUT2D eigenvalue weighted by molar-refractivity contribution is 7.98. The van der Waals surface area contributed by atoms with Crippen molar-refractivity contribution in [1.82, 2.24) is 9.78 Å². The van der Waals surface area contributed by atoms with Crippen LogP contribution in [-0.2, 0) is 16.3 Å². The first-order chi connectivity index (χ1) is 13.5. The zero-order valence-electron chi connectivity index (χ0n) is 16.2. The van der Waals surface area contributed by atoms with Gasteiger partial charge in [-0.15, -0.1) is 0 Å². The van der Waals surface area contributed by atoms with E-state index in [1.54, 1.807) is 6.92 Å². The molecule has 0 aliphatic carbocycles. The Hall–Kier alpha value is -2.73. The number of nitrogens with one attached hydrogen (secondary N) is 1. The lowest BCUT2D eigenvalue weighted by atomic mass is 10.1. The number of amides is 1. The average Bonchev–Trinajstić information content (AvgIpc) is 3.25. The van der Waals surface area contributed by atoms with E-state index in [1.165, 1.54) is 5.56 Å². The molecule has 0 fully saturated rings. The molecule has 2 aromatic carbocycles. The Morgan fingerprint density at radius 3 is 2.71 bits per heavy atom. The van der Waals surface area contributed by atoms with Crippen molar-refractivity contribution in [1.29, 1.82) is 0 Å². The molecule has 1 aliphatic heterocycles. The van der Waals surface area contributed by atoms with Crippen LogP contribution in [0.5, 0.6) is 5.75 Å². The number of carbonyl (C=O) groups is 1. The molecule has 1 aliphatic rings. The number of fused-ring (bicyclic) bond motifs is 1. The summed E-state index contributed by atoms with van der Waals surface area (Å²) in [6, 6.07) is 15.6. The number of hydrogen-bond donors (Lipinski definition) is 1. The van der Waals surface area contributed by atoms with Crippen molar-refractivity contribution in [2.45, 2.75) is 38.4 Å². The smallest absolute Gasteiger partial charge is 0.266 e. The number of ether oxygens (including phenoxy) is 1. The van der Waals surface area contributed by atoms with Gasteiger partial charge in [-0.3, -0.25) is 4.79 Å². The van der Waals surface area contributed by atoms with Crippen LogP contribution >= 0.6 is 11.8 Å². The summed E-state index contributed by atoms with van der Waals surface area (Å²) in [5.41, 5.74) is 5.45. The molecule has 1 amide bonds. The SMILES string of the molecule is Cc1ccc(-n2nc3c(c2NC(=O)[C@@H](C)Oc2ccccc2)CSC3)c(C)c1. The first-order valence-electron chi connectivity index (χ1n) is 9.31. The van der Waals surface area contributed by atoms with Gasteiger partial charge in [0, 0.05) is 17.1 Å². The topological polar surface area (TPSA) is 56.2 Å². The molecule has 3 aromatic rings. The van der Waals surface area contributed by atoms with E-state index in [9.17, 15) is 4.79 Å². The Kier molecular flexibility index (Phi) is 5.13. The molecule has 1 N–H and O–H groups in total. The minimum atomic E-state index is -0.616. The molecule has 2 heterocycles. The number of benzene rings is 2. The number of anilines is 1. The molecule has 1 aromatic heterocycles. The van der Waals surface area contributed by atoms with E-state index >= 15 is 0 Å². The third-order valence-electron chi connectivity index (χ3n) is 4.80. The van der Waals surface area contributed by atoms with Crippen LogP contribution in [0.2, 0.25) is 0 Å². The molecule has 5 nitrogen and oxygen atoms in total. The molecule has 0 bridgehead atoms. The fourth-order valence-corrected chi connectivity index (χ4v) is 4.37. The number of aryl methyl sites for hydroxylation is 2. The fraction of sp³-hybridized carbons (Fsp3) is 0.273. The van der Waals surface area contributed by atoms with Crippen molar-refractivity contribution in [3.63, 3.8) is 0 Å². The Balaban J connectivity index is 1.63. The van der Waals surface area contributed by atoms with Crippen LogP contribution < -0.4 is 10.1 Å². The van der Waals surface area contributed by atoms with Gasteiger partial charge >= 0.3 is 0 Å². The van der Waals surface area contributed by atoms with Crippen LogP contribution in [0, 0.1) is 13.8 Å². The number of hydrogen-bond acceptors (Lipinski definition) is 4. The molecule has 0 saturated carbocycles. The number of carbonyl (C=O) groups excluding carboxylic acids is 1. The van der Waals surface area contributed by atoms with Crippen molar-refractivity contribution in [2.75, 3.05) is 5.32 Å². The van der Waals surface area contributed by atoms with Crippen LogP contribution in [0.15, 0.2) is 48.5 Å². The zero-order valence-corrected chi connectivity index (χ0v) is 17.0. The third-order valence-corrected chi connectivity index (χ3v) is 5.77. The van der Waals surface area contributed by atoms with Crippen LogP contribution in [0.25, 0.3) is 5.69 Å². The van der Waals surface area contributed by atoms with Gasteiger partial charge in [0.15, 0.2) is 6.10 Å². The summed E-state index contributed by atoms with van der Waals surface area (Å²) in [7, 11) is 0. The second-order valence-electron chi connectivity index (χ2n) is 7.03. The second-order valence-corrected chi connectivity index (χ2v) is 8.02. The number of rotatable bonds is 5. The first-order valence-corrected chi connectivity index (χ1v) is 10.5. The Bertz CT molecular complexity index is 1010. The summed E-state index contributed by atoms with van der Waals surface area (Å²) in [4.78, 5) is 12.9. The third kappa shape index (κ3) is 3.64. The molecule has 1 atom stereocenters. The first kappa shape index (κ1) is 18.6. The maximum atomic E-state index is 12.9. The van der Waals surface area contributed by atoms with Crippen LogP contribution in [0.3, 0.4) is 0 Å². The number of aromatic nitrogens is 2. The van der Waals surface area contributed by atoms with Crippen molar-refractivity contribution < 1.29 is 9.53 Å². The molecular weight excluding hydrogens is 370 g/mol. The molecule has 6 heteroatoms. The lowest BCUT2D eigenvalue weighted by Gasteiger charge is -2.17. The van der Waals surface area contributed by atoms with Crippen LogP contribution in [-0.4, -0.2) is 21.8 Å². The molecule has 144 valence electrons. The normalized spacial score (nSPS) is 13.8. The van der Waals surface area contributed by atoms with Crippen LogP contribution in [0.1, 0.15) is 29.3 Å². The maximum absolute atomic E-state index is 12.9. The molecular formula is C22H23N3O2S. The van der Waals surface area contributed by atoms with E-state index < -0.39 is 6.10 Å². The minimum absolute atomic E-state index is 0.186. The van der Waals surface area contributed by atoms with Gasteiger partial charge in [0.2, 0.25) is 0 Å². The van der Waals surface area contributed by atoms with Gasteiger partial charge in [-0.25, -0.2) is 4.68 Å². The quantitative estimate of drug-likeness (QED) is 0.686. The largest absolute Gasteiger partial charge is 0.481 e. The van der Waals surface area contributed by atoms with Crippen molar-refractivity contribution >= 4 is 23.5 Å². The summed E-state index contributed by atoms with van der Waals surface area (Å²) in [6.07, 6.45) is -0.616. The molecule has 0 spiro atoms. The van der Waals surface area contributed by atoms with Crippen molar-refractivity contribution in [2.24, 2.45) is 0 Å². The molecule has 0 radical (unpaired) electrons. The maximum Gasteiger partial charge on any atom is 0.266 e. The number of thioether (sulfide) groups is 1. The predicted octanol–water partition coefficient (Wildman–Crippen LogP) is 4.64. The van der Waals surface area contributed by atoms with E-state index in [0.29, 0.717) is 5.75 Å². The Morgan fingerprint density at radius 2 is 1.96 bits per heavy atom. The molecule has 0 saturated heterocycles. The van der Waals surface area contributed by atoms with Crippen molar-refractivity contribution in [3.05, 3.63) is 70.9 Å². The van der Waals surface area contributed by atoms with Gasteiger partial charge in [0.25, 0.3) is 5.91 Å².